The number of hydrogen-bond donors (Lipinski definition) is 3. The van der Waals surface area contributed by atoms with Crippen LogP contribution >= 0.6 is 11.6 Å². The molecule has 4 amide bonds. The Kier molecular flexibility index (Phi) is 5.56. The highest BCUT2D eigenvalue weighted by atomic mass is 35.5. The van der Waals surface area contributed by atoms with Crippen LogP contribution in [0.5, 0.6) is 0 Å². The second-order valence-corrected chi connectivity index (χ2v) is 9.43. The van der Waals surface area contributed by atoms with Gasteiger partial charge in [0.25, 0.3) is 5.91 Å². The third-order valence-electron chi connectivity index (χ3n) is 6.84. The van der Waals surface area contributed by atoms with E-state index >= 15 is 0 Å². The van der Waals surface area contributed by atoms with E-state index in [2.05, 4.69) is 29.2 Å². The predicted octanol–water partition coefficient (Wildman–Crippen LogP) is 3.30. The molecule has 2 bridgehead atoms. The van der Waals surface area contributed by atoms with Crippen molar-refractivity contribution in [3.8, 4) is 6.07 Å². The molecule has 2 aliphatic carbocycles. The number of anilines is 1. The molecule has 1 saturated heterocycles. The first kappa shape index (κ1) is 21.4. The maximum atomic E-state index is 13.2. The van der Waals surface area contributed by atoms with Gasteiger partial charge in [-0.15, -0.1) is 0 Å². The molecule has 1 aliphatic heterocycles. The number of nitrogens with zero attached hydrogens (tertiary/aromatic N) is 2. The van der Waals surface area contributed by atoms with Crippen LogP contribution in [0.1, 0.15) is 57.4 Å². The van der Waals surface area contributed by atoms with Crippen LogP contribution in [0.25, 0.3) is 0 Å². The fraction of sp³-hybridized carbons (Fsp3) is 0.545. The van der Waals surface area contributed by atoms with E-state index < -0.39 is 5.54 Å². The van der Waals surface area contributed by atoms with E-state index in [1.165, 1.54) is 6.92 Å². The number of benzene rings is 1. The molecule has 8 nitrogen and oxygen atoms in total. The molecule has 3 aliphatic rings. The van der Waals surface area contributed by atoms with Gasteiger partial charge in [0.1, 0.15) is 5.54 Å². The minimum absolute atomic E-state index is 0.0202. The first-order valence-corrected chi connectivity index (χ1v) is 11.0. The van der Waals surface area contributed by atoms with E-state index in [1.807, 2.05) is 6.07 Å². The third kappa shape index (κ3) is 3.72. The van der Waals surface area contributed by atoms with Crippen LogP contribution < -0.4 is 16.2 Å². The summed E-state index contributed by atoms with van der Waals surface area (Å²) in [4.78, 5) is 38.9. The maximum Gasteiger partial charge on any atom is 0.323 e. The largest absolute Gasteiger partial charge is 0.323 e. The fourth-order valence-electron chi connectivity index (χ4n) is 5.34. The van der Waals surface area contributed by atoms with Crippen LogP contribution in [-0.4, -0.2) is 34.3 Å². The molecule has 2 saturated carbocycles. The van der Waals surface area contributed by atoms with Gasteiger partial charge in [0.05, 0.1) is 12.0 Å². The van der Waals surface area contributed by atoms with Crippen molar-refractivity contribution in [3.05, 3.63) is 28.8 Å². The average molecular weight is 444 g/mol. The molecule has 4 rings (SSSR count). The lowest BCUT2D eigenvalue weighted by Crippen LogP contribution is -2.78. The highest BCUT2D eigenvalue weighted by Crippen LogP contribution is 2.50. The van der Waals surface area contributed by atoms with Crippen molar-refractivity contribution in [2.45, 2.75) is 63.5 Å². The average Bonchev–Trinajstić information content (AvgIpc) is 2.67. The molecule has 9 heteroatoms. The summed E-state index contributed by atoms with van der Waals surface area (Å²) in [6, 6.07) is 7.24. The van der Waals surface area contributed by atoms with Crippen molar-refractivity contribution in [3.63, 3.8) is 0 Å². The van der Waals surface area contributed by atoms with Crippen LogP contribution in [-0.2, 0) is 9.59 Å². The van der Waals surface area contributed by atoms with E-state index in [4.69, 9.17) is 11.6 Å². The Bertz CT molecular complexity index is 976. The highest BCUT2D eigenvalue weighted by molar-refractivity contribution is 6.31. The van der Waals surface area contributed by atoms with Crippen molar-refractivity contribution < 1.29 is 14.4 Å². The van der Waals surface area contributed by atoms with E-state index in [0.717, 1.165) is 24.8 Å². The van der Waals surface area contributed by atoms with Gasteiger partial charge in [0.2, 0.25) is 5.91 Å². The predicted molar refractivity (Wildman–Crippen MR) is 115 cm³/mol. The second-order valence-electron chi connectivity index (χ2n) is 9.03. The van der Waals surface area contributed by atoms with Crippen LogP contribution in [0.2, 0.25) is 5.02 Å². The monoisotopic (exact) mass is 443 g/mol. The smallest absolute Gasteiger partial charge is 0.308 e. The first-order valence-electron chi connectivity index (χ1n) is 10.6. The molecule has 31 heavy (non-hydrogen) atoms. The molecule has 1 aromatic carbocycles. The summed E-state index contributed by atoms with van der Waals surface area (Å²) in [7, 11) is 0. The number of likely N-dealkylation sites (tertiary alicyclic amines) is 1. The number of nitriles is 1. The zero-order valence-corrected chi connectivity index (χ0v) is 18.3. The molecule has 0 aromatic heterocycles. The molecule has 0 radical (unpaired) electrons. The Morgan fingerprint density at radius 1 is 1.23 bits per heavy atom. The van der Waals surface area contributed by atoms with Gasteiger partial charge in [0, 0.05) is 36.0 Å². The summed E-state index contributed by atoms with van der Waals surface area (Å²) in [6.45, 7) is 3.38. The normalized spacial score (nSPS) is 30.8. The molecule has 164 valence electrons. The molecule has 1 heterocycles. The Labute approximate surface area is 186 Å². The van der Waals surface area contributed by atoms with Crippen LogP contribution in [0.3, 0.4) is 0 Å². The number of rotatable bonds is 3. The van der Waals surface area contributed by atoms with E-state index in [1.54, 1.807) is 17.0 Å². The standard InChI is InChI=1S/C22H26ClN5O3/c1-12-7-16-10-22(9-12,20(30)27-26-13(2)29)28(16)21(31)25-15-4-6-19(23)18(8-15)17-5-3-14(17)11-24/h4,6,8,12,14,16-17H,3,5,7,9-10H2,1-2H3,(H,25,31)(H,26,29)(H,27,30)/t12?,14-,16?,17-,22?/m1/s1. The Hall–Kier alpha value is -2.79. The summed E-state index contributed by atoms with van der Waals surface area (Å²) in [5.74, 6) is -0.423. The van der Waals surface area contributed by atoms with Crippen molar-refractivity contribution >= 4 is 35.1 Å². The lowest BCUT2D eigenvalue weighted by atomic mass is 9.64. The molecule has 1 aromatic rings. The number of hydrogen-bond acceptors (Lipinski definition) is 4. The number of piperidine rings is 1. The van der Waals surface area contributed by atoms with Gasteiger partial charge in [0.15, 0.2) is 0 Å². The van der Waals surface area contributed by atoms with Gasteiger partial charge >= 0.3 is 6.03 Å². The van der Waals surface area contributed by atoms with Gasteiger partial charge in [-0.1, -0.05) is 18.5 Å². The topological polar surface area (TPSA) is 114 Å². The number of nitrogens with one attached hydrogen (secondary N) is 3. The summed E-state index contributed by atoms with van der Waals surface area (Å²) in [5.41, 5.74) is 5.26. The molecule has 0 spiro atoms. The second kappa shape index (κ2) is 8.04. The minimum atomic E-state index is -0.968. The van der Waals surface area contributed by atoms with Gasteiger partial charge in [-0.2, -0.15) is 5.26 Å². The minimum Gasteiger partial charge on any atom is -0.308 e. The van der Waals surface area contributed by atoms with Gasteiger partial charge in [-0.3, -0.25) is 20.4 Å². The summed E-state index contributed by atoms with van der Waals surface area (Å²) in [5, 5.41) is 12.8. The van der Waals surface area contributed by atoms with Gasteiger partial charge in [-0.25, -0.2) is 4.79 Å². The van der Waals surface area contributed by atoms with E-state index in [9.17, 15) is 19.6 Å². The molecular weight excluding hydrogens is 418 g/mol. The molecule has 3 unspecified atom stereocenters. The molecule has 5 atom stereocenters. The lowest BCUT2D eigenvalue weighted by molar-refractivity contribution is -0.157. The van der Waals surface area contributed by atoms with Crippen molar-refractivity contribution in [1.29, 1.82) is 5.26 Å². The molecule has 3 N–H and O–H groups in total. The number of carbonyl (C=O) groups excluding carboxylic acids is 3. The quantitative estimate of drug-likeness (QED) is 0.621. The van der Waals surface area contributed by atoms with Crippen LogP contribution in [0, 0.1) is 23.2 Å². The van der Waals surface area contributed by atoms with Gasteiger partial charge in [-0.05, 0) is 55.4 Å². The highest BCUT2D eigenvalue weighted by Gasteiger charge is 2.62. The van der Waals surface area contributed by atoms with Crippen LogP contribution in [0.4, 0.5) is 10.5 Å². The SMILES string of the molecule is CC(=O)NNC(=O)C12CC(C)CC(C1)N2C(=O)Nc1ccc(Cl)c([C@@H]2CC[C@@H]2C#N)c1. The Morgan fingerprint density at radius 2 is 2.00 bits per heavy atom. The number of halogens is 1. The Balaban J connectivity index is 1.52. The fourth-order valence-corrected chi connectivity index (χ4v) is 5.60. The first-order chi connectivity index (χ1) is 14.7. The molecular formula is C22H26ClN5O3. The van der Waals surface area contributed by atoms with Crippen molar-refractivity contribution in [1.82, 2.24) is 15.8 Å². The maximum absolute atomic E-state index is 13.2. The third-order valence-corrected chi connectivity index (χ3v) is 7.18. The zero-order valence-electron chi connectivity index (χ0n) is 17.6. The molecule has 3 fully saturated rings. The number of carbonyl (C=O) groups is 3. The van der Waals surface area contributed by atoms with Crippen molar-refractivity contribution in [2.24, 2.45) is 11.8 Å². The number of urea groups is 1. The van der Waals surface area contributed by atoms with Crippen LogP contribution in [0.15, 0.2) is 18.2 Å². The summed E-state index contributed by atoms with van der Waals surface area (Å²) >= 11 is 6.36. The number of amides is 4. The summed E-state index contributed by atoms with van der Waals surface area (Å²) in [6.07, 6.45) is 3.70. The van der Waals surface area contributed by atoms with Gasteiger partial charge < -0.3 is 10.2 Å². The number of fused-ring (bicyclic) bond motifs is 2. The van der Waals surface area contributed by atoms with E-state index in [0.29, 0.717) is 29.5 Å². The zero-order chi connectivity index (χ0) is 22.3. The lowest BCUT2D eigenvalue weighted by Gasteiger charge is -2.61. The number of hydrazine groups is 1. The summed E-state index contributed by atoms with van der Waals surface area (Å²) < 4.78 is 0. The van der Waals surface area contributed by atoms with Crippen molar-refractivity contribution in [2.75, 3.05) is 5.32 Å². The van der Waals surface area contributed by atoms with E-state index in [-0.39, 0.29) is 35.7 Å². The Morgan fingerprint density at radius 3 is 2.65 bits per heavy atom.